The molecule has 0 saturated heterocycles. The number of hydrogen-bond donors (Lipinski definition) is 1. The molecule has 0 unspecified atom stereocenters. The molecule has 2 aromatic rings. The molecule has 0 aliphatic carbocycles. The molecule has 0 radical (unpaired) electrons. The Labute approximate surface area is 118 Å². The summed E-state index contributed by atoms with van der Waals surface area (Å²) in [4.78, 5) is 11.4. The number of ether oxygens (including phenoxy) is 2. The van der Waals surface area contributed by atoms with Crippen molar-refractivity contribution in [2.75, 3.05) is 19.0 Å². The first-order chi connectivity index (χ1) is 9.67. The fraction of sp³-hybridized carbons (Fsp3) is 0.188. The molecule has 0 aliphatic heterocycles. The van der Waals surface area contributed by atoms with E-state index in [4.69, 9.17) is 9.47 Å². The number of nitrogens with one attached hydrogen (secondary N) is 1. The first-order valence-corrected chi connectivity index (χ1v) is 6.31. The van der Waals surface area contributed by atoms with Crippen LogP contribution in [0, 0.1) is 6.92 Å². The van der Waals surface area contributed by atoms with Crippen LogP contribution in [0.15, 0.2) is 48.5 Å². The Hall–Kier alpha value is -2.33. The van der Waals surface area contributed by atoms with E-state index >= 15 is 0 Å². The van der Waals surface area contributed by atoms with Crippen molar-refractivity contribution in [3.05, 3.63) is 54.1 Å². The lowest BCUT2D eigenvalue weighted by atomic mass is 10.2. The first kappa shape index (κ1) is 14.1. The molecular weight excluding hydrogens is 254 g/mol. The Balaban J connectivity index is 1.99. The van der Waals surface area contributed by atoms with Gasteiger partial charge < -0.3 is 14.8 Å². The molecule has 0 aliphatic rings. The van der Waals surface area contributed by atoms with Crippen LogP contribution in [0.3, 0.4) is 0 Å². The number of hydrogen-bond acceptors (Lipinski definition) is 3. The van der Waals surface area contributed by atoms with Gasteiger partial charge in [-0.2, -0.15) is 0 Å². The molecule has 1 N–H and O–H groups in total. The number of methoxy groups -OCH3 is 1. The van der Waals surface area contributed by atoms with Gasteiger partial charge in [0.1, 0.15) is 18.1 Å². The fourth-order valence-electron chi connectivity index (χ4n) is 1.75. The number of anilines is 1. The minimum absolute atomic E-state index is 0.0432. The Bertz CT molecular complexity index is 579. The summed E-state index contributed by atoms with van der Waals surface area (Å²) in [5.41, 5.74) is 1.86. The molecule has 0 atom stereocenters. The van der Waals surface area contributed by atoms with Crippen LogP contribution >= 0.6 is 0 Å². The zero-order valence-electron chi connectivity index (χ0n) is 11.6. The highest BCUT2D eigenvalue weighted by atomic mass is 16.5. The summed E-state index contributed by atoms with van der Waals surface area (Å²) in [7, 11) is 1.48. The molecule has 104 valence electrons. The number of aryl methyl sites for hydroxylation is 1. The molecule has 4 heteroatoms. The lowest BCUT2D eigenvalue weighted by Crippen LogP contribution is -2.16. The molecule has 0 aromatic heterocycles. The monoisotopic (exact) mass is 271 g/mol. The van der Waals surface area contributed by atoms with Crippen molar-refractivity contribution < 1.29 is 14.3 Å². The maximum absolute atomic E-state index is 11.4. The largest absolute Gasteiger partial charge is 0.457 e. The van der Waals surface area contributed by atoms with Crippen LogP contribution in [0.1, 0.15) is 5.56 Å². The molecule has 0 saturated carbocycles. The summed E-state index contributed by atoms with van der Waals surface area (Å²) in [5.74, 6) is 1.33. The molecule has 1 amide bonds. The zero-order valence-corrected chi connectivity index (χ0v) is 11.6. The highest BCUT2D eigenvalue weighted by Gasteiger charge is 2.02. The van der Waals surface area contributed by atoms with Gasteiger partial charge in [0.05, 0.1) is 0 Å². The first-order valence-electron chi connectivity index (χ1n) is 6.31. The number of carbonyl (C=O) groups is 1. The Morgan fingerprint density at radius 2 is 1.85 bits per heavy atom. The minimum Gasteiger partial charge on any atom is -0.457 e. The highest BCUT2D eigenvalue weighted by molar-refractivity contribution is 5.91. The van der Waals surface area contributed by atoms with Gasteiger partial charge in [-0.25, -0.2) is 0 Å². The predicted octanol–water partition coefficient (Wildman–Crippen LogP) is 3.37. The van der Waals surface area contributed by atoms with Crippen LogP contribution in [0.5, 0.6) is 11.5 Å². The van der Waals surface area contributed by atoms with Crippen molar-refractivity contribution in [2.45, 2.75) is 6.92 Å². The van der Waals surface area contributed by atoms with E-state index in [0.717, 1.165) is 17.1 Å². The van der Waals surface area contributed by atoms with Gasteiger partial charge in [0, 0.05) is 12.8 Å². The van der Waals surface area contributed by atoms with Gasteiger partial charge in [0.25, 0.3) is 0 Å². The molecule has 0 bridgehead atoms. The minimum atomic E-state index is -0.181. The fourth-order valence-corrected chi connectivity index (χ4v) is 1.75. The normalized spacial score (nSPS) is 10.1. The van der Waals surface area contributed by atoms with E-state index in [9.17, 15) is 4.79 Å². The van der Waals surface area contributed by atoms with E-state index in [0.29, 0.717) is 5.69 Å². The van der Waals surface area contributed by atoms with Crippen molar-refractivity contribution in [3.8, 4) is 11.5 Å². The SMILES string of the molecule is COCC(=O)Nc1ccc(Oc2cccc(C)c2)cc1. The summed E-state index contributed by atoms with van der Waals surface area (Å²) < 4.78 is 10.5. The van der Waals surface area contributed by atoms with Crippen molar-refractivity contribution in [2.24, 2.45) is 0 Å². The van der Waals surface area contributed by atoms with Crippen molar-refractivity contribution >= 4 is 11.6 Å². The van der Waals surface area contributed by atoms with Gasteiger partial charge in [-0.05, 0) is 48.9 Å². The standard InChI is InChI=1S/C16H17NO3/c1-12-4-3-5-15(10-12)20-14-8-6-13(7-9-14)17-16(18)11-19-2/h3-10H,11H2,1-2H3,(H,17,18). The topological polar surface area (TPSA) is 47.6 Å². The molecule has 20 heavy (non-hydrogen) atoms. The second-order valence-electron chi connectivity index (χ2n) is 4.42. The average molecular weight is 271 g/mol. The number of benzene rings is 2. The number of carbonyl (C=O) groups excluding carboxylic acids is 1. The van der Waals surface area contributed by atoms with Crippen LogP contribution < -0.4 is 10.1 Å². The molecule has 2 aromatic carbocycles. The average Bonchev–Trinajstić information content (AvgIpc) is 2.41. The van der Waals surface area contributed by atoms with Crippen LogP contribution in [-0.4, -0.2) is 19.6 Å². The van der Waals surface area contributed by atoms with Crippen LogP contribution in [-0.2, 0) is 9.53 Å². The maximum Gasteiger partial charge on any atom is 0.250 e. The smallest absolute Gasteiger partial charge is 0.250 e. The summed E-state index contributed by atoms with van der Waals surface area (Å²) >= 11 is 0. The summed E-state index contributed by atoms with van der Waals surface area (Å²) in [6, 6.07) is 15.0. The third-order valence-electron chi connectivity index (χ3n) is 2.64. The molecule has 0 fully saturated rings. The van der Waals surface area contributed by atoms with Crippen molar-refractivity contribution in [1.29, 1.82) is 0 Å². The molecule has 2 rings (SSSR count). The Morgan fingerprint density at radius 1 is 1.10 bits per heavy atom. The van der Waals surface area contributed by atoms with E-state index in [1.54, 1.807) is 12.1 Å². The summed E-state index contributed by atoms with van der Waals surface area (Å²) in [6.07, 6.45) is 0. The van der Waals surface area contributed by atoms with Gasteiger partial charge in [0.2, 0.25) is 5.91 Å². The lowest BCUT2D eigenvalue weighted by molar-refractivity contribution is -0.119. The summed E-state index contributed by atoms with van der Waals surface area (Å²) in [6.45, 7) is 2.06. The third-order valence-corrected chi connectivity index (χ3v) is 2.64. The van der Waals surface area contributed by atoms with Crippen LogP contribution in [0.4, 0.5) is 5.69 Å². The van der Waals surface area contributed by atoms with Gasteiger partial charge in [-0.3, -0.25) is 4.79 Å². The molecule has 0 spiro atoms. The number of amides is 1. The van der Waals surface area contributed by atoms with E-state index in [2.05, 4.69) is 5.32 Å². The van der Waals surface area contributed by atoms with Crippen LogP contribution in [0.2, 0.25) is 0 Å². The van der Waals surface area contributed by atoms with Crippen molar-refractivity contribution in [1.82, 2.24) is 0 Å². The van der Waals surface area contributed by atoms with Gasteiger partial charge in [0.15, 0.2) is 0 Å². The second-order valence-corrected chi connectivity index (χ2v) is 4.42. The van der Waals surface area contributed by atoms with Gasteiger partial charge in [-0.1, -0.05) is 12.1 Å². The maximum atomic E-state index is 11.4. The van der Waals surface area contributed by atoms with E-state index in [-0.39, 0.29) is 12.5 Å². The van der Waals surface area contributed by atoms with Gasteiger partial charge in [-0.15, -0.1) is 0 Å². The van der Waals surface area contributed by atoms with E-state index < -0.39 is 0 Å². The Kier molecular flexibility index (Phi) is 4.74. The number of rotatable bonds is 5. The highest BCUT2D eigenvalue weighted by Crippen LogP contribution is 2.23. The van der Waals surface area contributed by atoms with E-state index in [1.807, 2.05) is 43.3 Å². The Morgan fingerprint density at radius 3 is 2.50 bits per heavy atom. The molecule has 0 heterocycles. The third kappa shape index (κ3) is 4.10. The van der Waals surface area contributed by atoms with Crippen LogP contribution in [0.25, 0.3) is 0 Å². The molecule has 4 nitrogen and oxygen atoms in total. The predicted molar refractivity (Wildman–Crippen MR) is 78.2 cm³/mol. The summed E-state index contributed by atoms with van der Waals surface area (Å²) in [5, 5.41) is 2.72. The van der Waals surface area contributed by atoms with E-state index in [1.165, 1.54) is 7.11 Å². The lowest BCUT2D eigenvalue weighted by Gasteiger charge is -2.08. The van der Waals surface area contributed by atoms with Gasteiger partial charge >= 0.3 is 0 Å². The second kappa shape index (κ2) is 6.73. The zero-order chi connectivity index (χ0) is 14.4. The quantitative estimate of drug-likeness (QED) is 0.907. The van der Waals surface area contributed by atoms with Crippen molar-refractivity contribution in [3.63, 3.8) is 0 Å². The molecular formula is C16H17NO3.